The predicted octanol–water partition coefficient (Wildman–Crippen LogP) is 2.89. The number of hydrogen-bond acceptors (Lipinski definition) is 6. The molecule has 7 nitrogen and oxygen atoms in total. The fraction of sp³-hybridized carbons (Fsp3) is 0.476. The second-order valence-electron chi connectivity index (χ2n) is 8.07. The van der Waals surface area contributed by atoms with Crippen molar-refractivity contribution in [2.45, 2.75) is 31.1 Å². The maximum Gasteiger partial charge on any atom is 0.261 e. The molecule has 0 amide bonds. The van der Waals surface area contributed by atoms with Crippen molar-refractivity contribution in [3.8, 4) is 5.88 Å². The van der Waals surface area contributed by atoms with Gasteiger partial charge in [-0.1, -0.05) is 32.9 Å². The summed E-state index contributed by atoms with van der Waals surface area (Å²) in [4.78, 5) is 6.69. The summed E-state index contributed by atoms with van der Waals surface area (Å²) in [6.07, 6.45) is 1.46. The van der Waals surface area contributed by atoms with Crippen molar-refractivity contribution in [1.29, 1.82) is 0 Å². The molecule has 0 saturated carbocycles. The van der Waals surface area contributed by atoms with E-state index in [0.717, 1.165) is 38.4 Å². The number of aromatic nitrogens is 1. The Morgan fingerprint density at radius 2 is 1.79 bits per heavy atom. The van der Waals surface area contributed by atoms with Crippen LogP contribution in [0.2, 0.25) is 0 Å². The number of ether oxygens (including phenoxy) is 2. The minimum absolute atomic E-state index is 0.0305. The Kier molecular flexibility index (Phi) is 6.77. The minimum atomic E-state index is -3.67. The zero-order chi connectivity index (χ0) is 20.9. The van der Waals surface area contributed by atoms with Gasteiger partial charge in [-0.25, -0.2) is 13.4 Å². The summed E-state index contributed by atoms with van der Waals surface area (Å²) in [6.45, 7) is 10.9. The Balaban J connectivity index is 1.55. The van der Waals surface area contributed by atoms with E-state index in [2.05, 4.69) is 35.4 Å². The van der Waals surface area contributed by atoms with Gasteiger partial charge in [0.1, 0.15) is 6.61 Å². The SMILES string of the molecule is CC(C)(C)c1ccc(S(=O)(=O)Nc2ccc(OCCN3CCOCC3)nc2)cc1. The van der Waals surface area contributed by atoms with Gasteiger partial charge in [-0.2, -0.15) is 0 Å². The first-order chi connectivity index (χ1) is 13.7. The summed E-state index contributed by atoms with van der Waals surface area (Å²) < 4.78 is 38.7. The molecule has 2 aromatic rings. The van der Waals surface area contributed by atoms with Crippen LogP contribution in [0.1, 0.15) is 26.3 Å². The summed E-state index contributed by atoms with van der Waals surface area (Å²) in [7, 11) is -3.67. The van der Waals surface area contributed by atoms with Gasteiger partial charge in [-0.3, -0.25) is 9.62 Å². The van der Waals surface area contributed by atoms with Crippen molar-refractivity contribution in [2.75, 3.05) is 44.2 Å². The molecule has 8 heteroatoms. The molecule has 0 spiro atoms. The van der Waals surface area contributed by atoms with E-state index in [0.29, 0.717) is 18.2 Å². The zero-order valence-corrected chi connectivity index (χ0v) is 18.0. The average molecular weight is 420 g/mol. The maximum absolute atomic E-state index is 12.6. The maximum atomic E-state index is 12.6. The normalized spacial score (nSPS) is 15.8. The first-order valence-corrected chi connectivity index (χ1v) is 11.2. The van der Waals surface area contributed by atoms with Crippen LogP contribution in [0, 0.1) is 0 Å². The third kappa shape index (κ3) is 6.16. The predicted molar refractivity (Wildman–Crippen MR) is 113 cm³/mol. The van der Waals surface area contributed by atoms with E-state index in [1.165, 1.54) is 6.20 Å². The molecule has 158 valence electrons. The quantitative estimate of drug-likeness (QED) is 0.743. The fourth-order valence-electron chi connectivity index (χ4n) is 2.98. The molecule has 29 heavy (non-hydrogen) atoms. The topological polar surface area (TPSA) is 80.8 Å². The summed E-state index contributed by atoms with van der Waals surface area (Å²) in [5.41, 5.74) is 1.44. The number of nitrogens with one attached hydrogen (secondary N) is 1. The van der Waals surface area contributed by atoms with Crippen LogP contribution in [-0.2, 0) is 20.2 Å². The number of benzene rings is 1. The number of anilines is 1. The first kappa shape index (κ1) is 21.5. The van der Waals surface area contributed by atoms with Crippen molar-refractivity contribution in [3.05, 3.63) is 48.2 Å². The highest BCUT2D eigenvalue weighted by molar-refractivity contribution is 7.92. The van der Waals surface area contributed by atoms with Gasteiger partial charge in [-0.05, 0) is 29.2 Å². The number of pyridine rings is 1. The molecule has 1 aliphatic rings. The molecule has 0 bridgehead atoms. The average Bonchev–Trinajstić information content (AvgIpc) is 2.69. The molecular formula is C21H29N3O4S. The summed E-state index contributed by atoms with van der Waals surface area (Å²) in [6, 6.07) is 10.3. The second-order valence-corrected chi connectivity index (χ2v) is 9.75. The molecule has 2 heterocycles. The molecule has 1 aromatic heterocycles. The highest BCUT2D eigenvalue weighted by Gasteiger charge is 2.18. The van der Waals surface area contributed by atoms with Gasteiger partial charge in [0.15, 0.2) is 0 Å². The number of hydrogen-bond donors (Lipinski definition) is 1. The van der Waals surface area contributed by atoms with Crippen LogP contribution < -0.4 is 9.46 Å². The minimum Gasteiger partial charge on any atom is -0.476 e. The molecular weight excluding hydrogens is 390 g/mol. The van der Waals surface area contributed by atoms with Gasteiger partial charge < -0.3 is 9.47 Å². The number of morpholine rings is 1. The van der Waals surface area contributed by atoms with Crippen LogP contribution in [0.15, 0.2) is 47.5 Å². The van der Waals surface area contributed by atoms with Gasteiger partial charge >= 0.3 is 0 Å². The molecule has 1 aromatic carbocycles. The summed E-state index contributed by atoms with van der Waals surface area (Å²) in [5.74, 6) is 0.468. The van der Waals surface area contributed by atoms with Gasteiger partial charge in [-0.15, -0.1) is 0 Å². The molecule has 0 radical (unpaired) electrons. The van der Waals surface area contributed by atoms with Gasteiger partial charge in [0.2, 0.25) is 5.88 Å². The van der Waals surface area contributed by atoms with Gasteiger partial charge in [0, 0.05) is 25.7 Å². The first-order valence-electron chi connectivity index (χ1n) is 9.76. The van der Waals surface area contributed by atoms with Gasteiger partial charge in [0.25, 0.3) is 10.0 Å². The molecule has 1 saturated heterocycles. The molecule has 0 aliphatic carbocycles. The van der Waals surface area contributed by atoms with Crippen molar-refractivity contribution in [3.63, 3.8) is 0 Å². The van der Waals surface area contributed by atoms with Crippen molar-refractivity contribution >= 4 is 15.7 Å². The van der Waals surface area contributed by atoms with Crippen LogP contribution in [0.5, 0.6) is 5.88 Å². The monoisotopic (exact) mass is 419 g/mol. The lowest BCUT2D eigenvalue weighted by atomic mass is 9.87. The molecule has 0 atom stereocenters. The van der Waals surface area contributed by atoms with Crippen LogP contribution in [0.25, 0.3) is 0 Å². The highest BCUT2D eigenvalue weighted by atomic mass is 32.2. The van der Waals surface area contributed by atoms with E-state index in [-0.39, 0.29) is 10.3 Å². The third-order valence-electron chi connectivity index (χ3n) is 4.78. The molecule has 1 N–H and O–H groups in total. The Morgan fingerprint density at radius 3 is 2.38 bits per heavy atom. The van der Waals surface area contributed by atoms with E-state index < -0.39 is 10.0 Å². The Bertz CT molecular complexity index is 885. The Morgan fingerprint density at radius 1 is 1.10 bits per heavy atom. The summed E-state index contributed by atoms with van der Waals surface area (Å²) >= 11 is 0. The van der Waals surface area contributed by atoms with Crippen LogP contribution in [0.3, 0.4) is 0 Å². The van der Waals surface area contributed by atoms with E-state index in [1.807, 2.05) is 12.1 Å². The lowest BCUT2D eigenvalue weighted by Gasteiger charge is -2.26. The van der Waals surface area contributed by atoms with Gasteiger partial charge in [0.05, 0.1) is 30.0 Å². The Labute approximate surface area is 173 Å². The largest absolute Gasteiger partial charge is 0.476 e. The molecule has 3 rings (SSSR count). The number of rotatable bonds is 7. The highest BCUT2D eigenvalue weighted by Crippen LogP contribution is 2.24. The van der Waals surface area contributed by atoms with Crippen molar-refractivity contribution < 1.29 is 17.9 Å². The van der Waals surface area contributed by atoms with E-state index in [9.17, 15) is 8.42 Å². The van der Waals surface area contributed by atoms with Crippen molar-refractivity contribution in [1.82, 2.24) is 9.88 Å². The second kappa shape index (κ2) is 9.11. The lowest BCUT2D eigenvalue weighted by Crippen LogP contribution is -2.38. The standard InChI is InChI=1S/C21H29N3O4S/c1-21(2,3)17-4-7-19(8-5-17)29(25,26)23-18-6-9-20(22-16-18)28-15-12-24-10-13-27-14-11-24/h4-9,16,23H,10-15H2,1-3H3. The number of sulfonamides is 1. The fourth-order valence-corrected chi connectivity index (χ4v) is 4.02. The van der Waals surface area contributed by atoms with E-state index in [1.54, 1.807) is 24.3 Å². The Hall–Kier alpha value is -2.16. The molecule has 1 fully saturated rings. The summed E-state index contributed by atoms with van der Waals surface area (Å²) in [5, 5.41) is 0. The van der Waals surface area contributed by atoms with Crippen LogP contribution in [-0.4, -0.2) is 57.8 Å². The van der Waals surface area contributed by atoms with Crippen molar-refractivity contribution in [2.24, 2.45) is 0 Å². The lowest BCUT2D eigenvalue weighted by molar-refractivity contribution is 0.0320. The van der Waals surface area contributed by atoms with E-state index in [4.69, 9.17) is 9.47 Å². The van der Waals surface area contributed by atoms with Crippen LogP contribution >= 0.6 is 0 Å². The van der Waals surface area contributed by atoms with Crippen LogP contribution in [0.4, 0.5) is 5.69 Å². The smallest absolute Gasteiger partial charge is 0.261 e. The zero-order valence-electron chi connectivity index (χ0n) is 17.2. The number of nitrogens with zero attached hydrogens (tertiary/aromatic N) is 2. The van der Waals surface area contributed by atoms with E-state index >= 15 is 0 Å². The third-order valence-corrected chi connectivity index (χ3v) is 6.18. The molecule has 1 aliphatic heterocycles. The molecule has 0 unspecified atom stereocenters.